The molecule has 21 heavy (non-hydrogen) atoms. The number of furan rings is 1. The molecule has 0 saturated carbocycles. The van der Waals surface area contributed by atoms with Gasteiger partial charge in [0.15, 0.2) is 5.76 Å². The van der Waals surface area contributed by atoms with Gasteiger partial charge in [0.25, 0.3) is 0 Å². The standard InChI is InChI=1S/C13H18N4O3.ClH/c1-9(8-14)17(2)12(18)6-5-11-15-13(16-20-11)10-4-3-7-19-10;/h3-4,7,9H,5-6,8,14H2,1-2H3;1H. The van der Waals surface area contributed by atoms with Crippen LogP contribution in [0.15, 0.2) is 27.3 Å². The van der Waals surface area contributed by atoms with E-state index in [1.807, 2.05) is 6.92 Å². The molecule has 0 aliphatic rings. The second-order valence-corrected chi connectivity index (χ2v) is 4.58. The zero-order valence-electron chi connectivity index (χ0n) is 12.0. The van der Waals surface area contributed by atoms with Crippen molar-refractivity contribution < 1.29 is 13.7 Å². The molecular formula is C13H19ClN4O3. The molecule has 0 bridgehead atoms. The number of hydrogen-bond donors (Lipinski definition) is 1. The van der Waals surface area contributed by atoms with Crippen molar-refractivity contribution in [3.8, 4) is 11.6 Å². The van der Waals surface area contributed by atoms with Gasteiger partial charge in [0.1, 0.15) is 0 Å². The van der Waals surface area contributed by atoms with Gasteiger partial charge in [-0.25, -0.2) is 0 Å². The fourth-order valence-corrected chi connectivity index (χ4v) is 1.66. The van der Waals surface area contributed by atoms with Crippen LogP contribution in [0.3, 0.4) is 0 Å². The lowest BCUT2D eigenvalue weighted by Crippen LogP contribution is -2.39. The van der Waals surface area contributed by atoms with Crippen molar-refractivity contribution in [2.24, 2.45) is 5.73 Å². The van der Waals surface area contributed by atoms with Gasteiger partial charge in [-0.3, -0.25) is 4.79 Å². The highest BCUT2D eigenvalue weighted by Crippen LogP contribution is 2.16. The Morgan fingerprint density at radius 3 is 2.90 bits per heavy atom. The molecule has 0 spiro atoms. The van der Waals surface area contributed by atoms with Crippen LogP contribution in [-0.4, -0.2) is 40.6 Å². The Bertz CT molecular complexity index is 556. The van der Waals surface area contributed by atoms with Gasteiger partial charge in [0, 0.05) is 32.5 Å². The molecule has 116 valence electrons. The average Bonchev–Trinajstić information content (AvgIpc) is 3.13. The van der Waals surface area contributed by atoms with E-state index in [2.05, 4.69) is 10.1 Å². The van der Waals surface area contributed by atoms with E-state index in [0.717, 1.165) is 0 Å². The summed E-state index contributed by atoms with van der Waals surface area (Å²) in [6, 6.07) is 3.51. The number of aryl methyl sites for hydroxylation is 1. The van der Waals surface area contributed by atoms with E-state index in [9.17, 15) is 4.79 Å². The molecule has 2 aromatic heterocycles. The number of carbonyl (C=O) groups is 1. The normalized spacial score (nSPS) is 11.8. The zero-order chi connectivity index (χ0) is 14.5. The topological polar surface area (TPSA) is 98.4 Å². The Balaban J connectivity index is 0.00000220. The largest absolute Gasteiger partial charge is 0.461 e. The Hall–Kier alpha value is -1.86. The molecule has 1 atom stereocenters. The number of carbonyl (C=O) groups excluding carboxylic acids is 1. The third kappa shape index (κ3) is 4.30. The minimum Gasteiger partial charge on any atom is -0.461 e. The maximum absolute atomic E-state index is 11.9. The predicted molar refractivity (Wildman–Crippen MR) is 78.9 cm³/mol. The van der Waals surface area contributed by atoms with Crippen molar-refractivity contribution in [1.29, 1.82) is 0 Å². The monoisotopic (exact) mass is 314 g/mol. The number of amides is 1. The Labute approximate surface area is 128 Å². The maximum Gasteiger partial charge on any atom is 0.238 e. The molecule has 2 rings (SSSR count). The Morgan fingerprint density at radius 1 is 1.52 bits per heavy atom. The Morgan fingerprint density at radius 2 is 2.29 bits per heavy atom. The molecule has 2 aromatic rings. The second kappa shape index (κ2) is 7.80. The minimum atomic E-state index is 0. The SMILES string of the molecule is CC(CN)N(C)C(=O)CCc1nc(-c2ccco2)no1.Cl. The number of nitrogens with zero attached hydrogens (tertiary/aromatic N) is 3. The summed E-state index contributed by atoms with van der Waals surface area (Å²) in [5.41, 5.74) is 5.53. The molecule has 2 heterocycles. The summed E-state index contributed by atoms with van der Waals surface area (Å²) in [4.78, 5) is 17.7. The van der Waals surface area contributed by atoms with Gasteiger partial charge in [-0.05, 0) is 19.1 Å². The van der Waals surface area contributed by atoms with Gasteiger partial charge in [0.05, 0.1) is 6.26 Å². The van der Waals surface area contributed by atoms with Gasteiger partial charge < -0.3 is 19.6 Å². The fraction of sp³-hybridized carbons (Fsp3) is 0.462. The van der Waals surface area contributed by atoms with Crippen molar-refractivity contribution in [2.75, 3.05) is 13.6 Å². The van der Waals surface area contributed by atoms with E-state index in [4.69, 9.17) is 14.7 Å². The molecule has 7 nitrogen and oxygen atoms in total. The van der Waals surface area contributed by atoms with E-state index in [0.29, 0.717) is 36.9 Å². The third-order valence-corrected chi connectivity index (χ3v) is 3.16. The van der Waals surface area contributed by atoms with Crippen LogP contribution in [0.1, 0.15) is 19.2 Å². The highest BCUT2D eigenvalue weighted by molar-refractivity contribution is 5.85. The van der Waals surface area contributed by atoms with Crippen molar-refractivity contribution in [2.45, 2.75) is 25.8 Å². The third-order valence-electron chi connectivity index (χ3n) is 3.16. The minimum absolute atomic E-state index is 0. The van der Waals surface area contributed by atoms with Crippen LogP contribution in [-0.2, 0) is 11.2 Å². The highest BCUT2D eigenvalue weighted by Gasteiger charge is 2.16. The van der Waals surface area contributed by atoms with Gasteiger partial charge in [-0.15, -0.1) is 12.4 Å². The molecule has 0 fully saturated rings. The predicted octanol–water partition coefficient (Wildman–Crippen LogP) is 1.49. The summed E-state index contributed by atoms with van der Waals surface area (Å²) in [5.74, 6) is 1.35. The maximum atomic E-state index is 11.9. The summed E-state index contributed by atoms with van der Waals surface area (Å²) in [5, 5.41) is 3.81. The molecule has 1 amide bonds. The van der Waals surface area contributed by atoms with Crippen LogP contribution in [0, 0.1) is 0 Å². The summed E-state index contributed by atoms with van der Waals surface area (Å²) in [6.45, 7) is 2.34. The molecule has 0 aliphatic carbocycles. The van der Waals surface area contributed by atoms with Crippen molar-refractivity contribution in [3.05, 3.63) is 24.3 Å². The van der Waals surface area contributed by atoms with Crippen molar-refractivity contribution in [1.82, 2.24) is 15.0 Å². The lowest BCUT2D eigenvalue weighted by molar-refractivity contribution is -0.131. The summed E-state index contributed by atoms with van der Waals surface area (Å²) >= 11 is 0. The Kier molecular flexibility index (Phi) is 6.39. The first kappa shape index (κ1) is 17.2. The van der Waals surface area contributed by atoms with E-state index < -0.39 is 0 Å². The quantitative estimate of drug-likeness (QED) is 0.867. The molecule has 0 aliphatic heterocycles. The fourth-order valence-electron chi connectivity index (χ4n) is 1.66. The van der Waals surface area contributed by atoms with Crippen molar-refractivity contribution >= 4 is 18.3 Å². The summed E-state index contributed by atoms with van der Waals surface area (Å²) < 4.78 is 10.3. The smallest absolute Gasteiger partial charge is 0.238 e. The van der Waals surface area contributed by atoms with Crippen LogP contribution < -0.4 is 5.73 Å². The van der Waals surface area contributed by atoms with Gasteiger partial charge >= 0.3 is 0 Å². The molecule has 0 radical (unpaired) electrons. The number of rotatable bonds is 6. The number of nitrogens with two attached hydrogens (primary N) is 1. The number of aromatic nitrogens is 2. The van der Waals surface area contributed by atoms with Gasteiger partial charge in [-0.1, -0.05) is 5.16 Å². The first-order valence-electron chi connectivity index (χ1n) is 6.44. The first-order valence-corrected chi connectivity index (χ1v) is 6.44. The van der Waals surface area contributed by atoms with E-state index >= 15 is 0 Å². The molecule has 0 aromatic carbocycles. The first-order chi connectivity index (χ1) is 9.61. The number of likely N-dealkylation sites (N-methyl/N-ethyl adjacent to an activating group) is 1. The van der Waals surface area contributed by atoms with Gasteiger partial charge in [-0.2, -0.15) is 4.98 Å². The highest BCUT2D eigenvalue weighted by atomic mass is 35.5. The lowest BCUT2D eigenvalue weighted by atomic mass is 10.2. The second-order valence-electron chi connectivity index (χ2n) is 4.58. The molecule has 1 unspecified atom stereocenters. The lowest BCUT2D eigenvalue weighted by Gasteiger charge is -2.23. The van der Waals surface area contributed by atoms with Crippen LogP contribution in [0.4, 0.5) is 0 Å². The van der Waals surface area contributed by atoms with E-state index in [1.165, 1.54) is 6.26 Å². The van der Waals surface area contributed by atoms with Crippen molar-refractivity contribution in [3.63, 3.8) is 0 Å². The molecular weight excluding hydrogens is 296 g/mol. The van der Waals surface area contributed by atoms with Gasteiger partial charge in [0.2, 0.25) is 17.6 Å². The van der Waals surface area contributed by atoms with Crippen LogP contribution in [0.25, 0.3) is 11.6 Å². The van der Waals surface area contributed by atoms with E-state index in [-0.39, 0.29) is 24.4 Å². The average molecular weight is 315 g/mol. The van der Waals surface area contributed by atoms with Crippen LogP contribution in [0.5, 0.6) is 0 Å². The summed E-state index contributed by atoms with van der Waals surface area (Å²) in [7, 11) is 1.74. The van der Waals surface area contributed by atoms with E-state index in [1.54, 1.807) is 24.1 Å². The molecule has 8 heteroatoms. The van der Waals surface area contributed by atoms with Crippen LogP contribution in [0.2, 0.25) is 0 Å². The number of halogens is 1. The summed E-state index contributed by atoms with van der Waals surface area (Å²) in [6.07, 6.45) is 2.24. The zero-order valence-corrected chi connectivity index (χ0v) is 12.8. The molecule has 2 N–H and O–H groups in total. The molecule has 0 saturated heterocycles. The van der Waals surface area contributed by atoms with Crippen LogP contribution >= 0.6 is 12.4 Å². The number of hydrogen-bond acceptors (Lipinski definition) is 6.